The molecular formula is C22H21ClN4O2S. The number of aromatic nitrogens is 2. The van der Waals surface area contributed by atoms with Gasteiger partial charge in [-0.3, -0.25) is 0 Å². The van der Waals surface area contributed by atoms with Crippen LogP contribution in [0.15, 0.2) is 53.4 Å². The van der Waals surface area contributed by atoms with Crippen LogP contribution in [-0.4, -0.2) is 31.5 Å². The number of benzene rings is 2. The number of anilines is 1. The maximum Gasteiger partial charge on any atom is 0.200 e. The quantitative estimate of drug-likeness (QED) is 0.591. The highest BCUT2D eigenvalue weighted by molar-refractivity contribution is 7.92. The van der Waals surface area contributed by atoms with Crippen LogP contribution >= 0.6 is 11.6 Å². The number of hydrogen-bond donors (Lipinski definition) is 0. The van der Waals surface area contributed by atoms with Crippen molar-refractivity contribution in [3.8, 4) is 6.07 Å². The van der Waals surface area contributed by atoms with Crippen molar-refractivity contribution in [2.75, 3.05) is 18.0 Å². The topological polar surface area (TPSA) is 86.9 Å². The number of fused-ring (bicyclic) bond motifs is 1. The zero-order valence-electron chi connectivity index (χ0n) is 16.5. The molecule has 0 amide bonds. The van der Waals surface area contributed by atoms with Gasteiger partial charge < -0.3 is 4.90 Å². The summed E-state index contributed by atoms with van der Waals surface area (Å²) in [7, 11) is -4.04. The number of halogens is 1. The Morgan fingerprint density at radius 1 is 1.17 bits per heavy atom. The number of para-hydroxylation sites is 2. The van der Waals surface area contributed by atoms with Crippen molar-refractivity contribution in [2.45, 2.75) is 29.9 Å². The molecule has 0 unspecified atom stereocenters. The Hall–Kier alpha value is -2.69. The van der Waals surface area contributed by atoms with E-state index in [9.17, 15) is 13.7 Å². The van der Waals surface area contributed by atoms with Crippen molar-refractivity contribution in [3.63, 3.8) is 0 Å². The van der Waals surface area contributed by atoms with Crippen LogP contribution in [0.3, 0.4) is 0 Å². The Bertz CT molecular complexity index is 1240. The van der Waals surface area contributed by atoms with Crippen molar-refractivity contribution >= 4 is 38.3 Å². The minimum absolute atomic E-state index is 0.00512. The van der Waals surface area contributed by atoms with Gasteiger partial charge in [-0.25, -0.2) is 18.4 Å². The number of rotatable bonds is 4. The maximum absolute atomic E-state index is 13.4. The Balaban J connectivity index is 1.91. The highest BCUT2D eigenvalue weighted by atomic mass is 35.5. The number of nitriles is 1. The molecule has 4 rings (SSSR count). The number of hydrogen-bond acceptors (Lipinski definition) is 6. The largest absolute Gasteiger partial charge is 0.355 e. The van der Waals surface area contributed by atoms with Gasteiger partial charge in [0.05, 0.1) is 22.0 Å². The fourth-order valence-electron chi connectivity index (χ4n) is 3.85. The summed E-state index contributed by atoms with van der Waals surface area (Å²) >= 11 is 6.01. The van der Waals surface area contributed by atoms with Crippen molar-refractivity contribution in [2.24, 2.45) is 5.92 Å². The molecule has 1 aliphatic heterocycles. The first kappa shape index (κ1) is 20.6. The van der Waals surface area contributed by atoms with Crippen molar-refractivity contribution < 1.29 is 8.42 Å². The van der Waals surface area contributed by atoms with Crippen molar-refractivity contribution in [3.05, 3.63) is 59.2 Å². The van der Waals surface area contributed by atoms with Gasteiger partial charge in [0.15, 0.2) is 11.1 Å². The first-order valence-electron chi connectivity index (χ1n) is 9.81. The predicted octanol–water partition coefficient (Wildman–Crippen LogP) is 4.56. The van der Waals surface area contributed by atoms with E-state index in [4.69, 9.17) is 16.6 Å². The Labute approximate surface area is 181 Å². The number of sulfone groups is 1. The molecule has 2 atom stereocenters. The summed E-state index contributed by atoms with van der Waals surface area (Å²) in [5.74, 6) is 0.919. The molecule has 154 valence electrons. The zero-order chi connectivity index (χ0) is 21.3. The normalized spacial score (nSPS) is 18.2. The maximum atomic E-state index is 13.4. The molecule has 0 spiro atoms. The Kier molecular flexibility index (Phi) is 5.63. The van der Waals surface area contributed by atoms with E-state index in [1.807, 2.05) is 24.3 Å². The first-order chi connectivity index (χ1) is 14.4. The third-order valence-electron chi connectivity index (χ3n) is 5.34. The average molecular weight is 441 g/mol. The predicted molar refractivity (Wildman–Crippen MR) is 117 cm³/mol. The summed E-state index contributed by atoms with van der Waals surface area (Å²) in [6, 6.07) is 15.2. The second-order valence-corrected chi connectivity index (χ2v) is 10.1. The Morgan fingerprint density at radius 2 is 1.90 bits per heavy atom. The smallest absolute Gasteiger partial charge is 0.200 e. The first-order valence-corrected chi connectivity index (χ1v) is 11.7. The lowest BCUT2D eigenvalue weighted by Crippen LogP contribution is -2.36. The summed E-state index contributed by atoms with van der Waals surface area (Å²) in [5.41, 5.74) is 1.40. The van der Waals surface area contributed by atoms with E-state index >= 15 is 0 Å². The molecule has 1 saturated heterocycles. The molecule has 30 heavy (non-hydrogen) atoms. The van der Waals surface area contributed by atoms with Gasteiger partial charge in [-0.2, -0.15) is 5.26 Å². The summed E-state index contributed by atoms with van der Waals surface area (Å²) in [6.07, 6.45) is 2.09. The molecule has 0 saturated carbocycles. The molecule has 1 fully saturated rings. The summed E-state index contributed by atoms with van der Waals surface area (Å²) in [5, 5.41) is 8.75. The van der Waals surface area contributed by atoms with E-state index < -0.39 is 15.1 Å². The van der Waals surface area contributed by atoms with E-state index in [0.29, 0.717) is 27.8 Å². The zero-order valence-corrected chi connectivity index (χ0v) is 18.1. The lowest BCUT2D eigenvalue weighted by molar-refractivity contribution is 0.443. The van der Waals surface area contributed by atoms with Crippen molar-refractivity contribution in [1.82, 2.24) is 9.97 Å². The van der Waals surface area contributed by atoms with E-state index in [1.54, 1.807) is 18.2 Å². The molecule has 0 aliphatic carbocycles. The fourth-order valence-corrected chi connectivity index (χ4v) is 5.53. The molecule has 0 radical (unpaired) electrons. The second-order valence-electron chi connectivity index (χ2n) is 7.63. The lowest BCUT2D eigenvalue weighted by Gasteiger charge is -2.33. The molecule has 6 nitrogen and oxygen atoms in total. The minimum Gasteiger partial charge on any atom is -0.355 e. The van der Waals surface area contributed by atoms with Crippen LogP contribution in [-0.2, 0) is 9.84 Å². The van der Waals surface area contributed by atoms with E-state index in [0.717, 1.165) is 25.9 Å². The highest BCUT2D eigenvalue weighted by Crippen LogP contribution is 2.35. The molecule has 0 N–H and O–H groups in total. The van der Waals surface area contributed by atoms with Crippen LogP contribution in [0.25, 0.3) is 11.0 Å². The lowest BCUT2D eigenvalue weighted by atomic mass is 10.00. The molecular weight excluding hydrogens is 420 g/mol. The van der Waals surface area contributed by atoms with Crippen LogP contribution in [0.2, 0.25) is 5.02 Å². The van der Waals surface area contributed by atoms with E-state index in [-0.39, 0.29) is 10.6 Å². The van der Waals surface area contributed by atoms with Crippen LogP contribution in [0.4, 0.5) is 5.82 Å². The van der Waals surface area contributed by atoms with Gasteiger partial charge in [-0.1, -0.05) is 36.7 Å². The summed E-state index contributed by atoms with van der Waals surface area (Å²) in [6.45, 7) is 3.65. The van der Waals surface area contributed by atoms with Crippen molar-refractivity contribution in [1.29, 1.82) is 5.26 Å². The average Bonchev–Trinajstić information content (AvgIpc) is 2.73. The summed E-state index contributed by atoms with van der Waals surface area (Å²) < 4.78 is 26.8. The molecule has 8 heteroatoms. The minimum atomic E-state index is -4.04. The second kappa shape index (κ2) is 8.21. The number of piperidine rings is 1. The third-order valence-corrected chi connectivity index (χ3v) is 7.43. The van der Waals surface area contributed by atoms with Gasteiger partial charge in [0.2, 0.25) is 9.84 Å². The van der Waals surface area contributed by atoms with E-state index in [2.05, 4.69) is 16.8 Å². The highest BCUT2D eigenvalue weighted by Gasteiger charge is 2.35. The van der Waals surface area contributed by atoms with E-state index in [1.165, 1.54) is 12.1 Å². The van der Waals surface area contributed by atoms with Crippen LogP contribution in [0.5, 0.6) is 0 Å². The van der Waals surface area contributed by atoms with Gasteiger partial charge in [-0.15, -0.1) is 0 Å². The molecule has 2 aromatic carbocycles. The number of nitrogens with zero attached hydrogens (tertiary/aromatic N) is 4. The molecule has 2 heterocycles. The Morgan fingerprint density at radius 3 is 2.57 bits per heavy atom. The molecule has 0 bridgehead atoms. The summed E-state index contributed by atoms with van der Waals surface area (Å²) in [4.78, 5) is 11.4. The SMILES string of the molecule is C[C@H]1CCCN(c2nc3ccccc3nc2[C@H](C#N)S(=O)(=O)c2cccc(Cl)c2)C1. The monoisotopic (exact) mass is 440 g/mol. The molecule has 1 aliphatic rings. The fraction of sp³-hybridized carbons (Fsp3) is 0.318. The standard InChI is InChI=1S/C22H21ClN4O2S/c1-15-6-5-11-27(14-15)22-21(25-18-9-2-3-10-19(18)26-22)20(13-24)30(28,29)17-8-4-7-16(23)12-17/h2-4,7-10,12,15,20H,5-6,11,14H2,1H3/t15-,20-/m0/s1. The molecule has 1 aromatic heterocycles. The van der Waals surface area contributed by atoms with Gasteiger partial charge in [0, 0.05) is 18.1 Å². The van der Waals surface area contributed by atoms with Gasteiger partial charge in [0.1, 0.15) is 5.69 Å². The van der Waals surface area contributed by atoms with Gasteiger partial charge in [-0.05, 0) is 49.1 Å². The van der Waals surface area contributed by atoms with Gasteiger partial charge >= 0.3 is 0 Å². The molecule has 3 aromatic rings. The third kappa shape index (κ3) is 3.85. The van der Waals surface area contributed by atoms with Crippen LogP contribution < -0.4 is 4.90 Å². The van der Waals surface area contributed by atoms with Crippen LogP contribution in [0, 0.1) is 17.2 Å². The van der Waals surface area contributed by atoms with Gasteiger partial charge in [0.25, 0.3) is 0 Å². The van der Waals surface area contributed by atoms with Crippen LogP contribution in [0.1, 0.15) is 30.7 Å².